The molecule has 0 amide bonds. The van der Waals surface area contributed by atoms with Crippen LogP contribution < -0.4 is 5.73 Å². The molecule has 1 unspecified atom stereocenters. The number of methoxy groups -OCH3 is 1. The van der Waals surface area contributed by atoms with Gasteiger partial charge in [0.25, 0.3) is 0 Å². The minimum atomic E-state index is -0.121. The van der Waals surface area contributed by atoms with Gasteiger partial charge in [0.15, 0.2) is 0 Å². The summed E-state index contributed by atoms with van der Waals surface area (Å²) >= 11 is 7.71. The van der Waals surface area contributed by atoms with Crippen LogP contribution in [0.1, 0.15) is 61.4 Å². The zero-order valence-electron chi connectivity index (χ0n) is 12.8. The highest BCUT2D eigenvalue weighted by Crippen LogP contribution is 2.46. The Bertz CT molecular complexity index is 475. The fraction of sp³-hybridized carbons (Fsp3) is 0.688. The molecule has 0 spiro atoms. The van der Waals surface area contributed by atoms with Crippen LogP contribution in [0.4, 0.5) is 0 Å². The Morgan fingerprint density at radius 2 is 2.14 bits per heavy atom. The monoisotopic (exact) mass is 329 g/mol. The summed E-state index contributed by atoms with van der Waals surface area (Å²) in [5.41, 5.74) is 7.49. The first-order valence-electron chi connectivity index (χ1n) is 7.54. The van der Waals surface area contributed by atoms with Crippen LogP contribution in [-0.4, -0.2) is 13.1 Å². The predicted octanol–water partition coefficient (Wildman–Crippen LogP) is 4.61. The molecule has 0 radical (unpaired) electrons. The van der Waals surface area contributed by atoms with E-state index in [2.05, 4.69) is 6.07 Å². The first-order chi connectivity index (χ1) is 9.96. The number of hydrogen-bond acceptors (Lipinski definition) is 4. The molecule has 118 valence electrons. The largest absolute Gasteiger partial charge is 0.469 e. The van der Waals surface area contributed by atoms with Gasteiger partial charge in [-0.3, -0.25) is 4.79 Å². The average Bonchev–Trinajstić information content (AvgIpc) is 2.79. The van der Waals surface area contributed by atoms with Crippen molar-refractivity contribution < 1.29 is 9.53 Å². The number of esters is 1. The molecule has 5 heteroatoms. The Morgan fingerprint density at radius 1 is 1.48 bits per heavy atom. The summed E-state index contributed by atoms with van der Waals surface area (Å²) in [6.45, 7) is 2.00. The lowest BCUT2D eigenvalue weighted by atomic mass is 9.68. The molecule has 1 aliphatic rings. The van der Waals surface area contributed by atoms with Gasteiger partial charge in [0.1, 0.15) is 0 Å². The Morgan fingerprint density at radius 3 is 2.67 bits per heavy atom. The molecule has 1 atom stereocenters. The first kappa shape index (κ1) is 16.8. The maximum atomic E-state index is 11.8. The van der Waals surface area contributed by atoms with E-state index in [0.29, 0.717) is 6.42 Å². The van der Waals surface area contributed by atoms with E-state index in [1.165, 1.54) is 26.4 Å². The summed E-state index contributed by atoms with van der Waals surface area (Å²) in [5.74, 6) is -0.121. The normalized spacial score (nSPS) is 19.2. The van der Waals surface area contributed by atoms with Crippen LogP contribution in [-0.2, 0) is 9.53 Å². The van der Waals surface area contributed by atoms with Crippen molar-refractivity contribution in [2.75, 3.05) is 7.11 Å². The molecule has 1 fully saturated rings. The third-order valence-electron chi connectivity index (χ3n) is 4.56. The van der Waals surface area contributed by atoms with Crippen molar-refractivity contribution in [1.29, 1.82) is 0 Å². The van der Waals surface area contributed by atoms with E-state index >= 15 is 0 Å². The van der Waals surface area contributed by atoms with Crippen molar-refractivity contribution in [3.63, 3.8) is 0 Å². The van der Waals surface area contributed by atoms with E-state index in [0.717, 1.165) is 34.0 Å². The smallest absolute Gasteiger partial charge is 0.306 e. The molecule has 2 rings (SSSR count). The molecule has 1 saturated carbocycles. The summed E-state index contributed by atoms with van der Waals surface area (Å²) in [5, 5.41) is 0. The van der Waals surface area contributed by atoms with Crippen molar-refractivity contribution in [3.05, 3.63) is 20.8 Å². The second kappa shape index (κ2) is 7.12. The molecule has 2 N–H and O–H groups in total. The molecule has 0 aliphatic heterocycles. The summed E-state index contributed by atoms with van der Waals surface area (Å²) in [6, 6.07) is 2.02. The van der Waals surface area contributed by atoms with Crippen LogP contribution in [0.15, 0.2) is 6.07 Å². The third-order valence-corrected chi connectivity index (χ3v) is 6.24. The van der Waals surface area contributed by atoms with Gasteiger partial charge in [-0.25, -0.2) is 0 Å². The molecule has 0 aromatic carbocycles. The highest BCUT2D eigenvalue weighted by atomic mass is 35.5. The van der Waals surface area contributed by atoms with E-state index in [1.807, 2.05) is 6.92 Å². The number of carbonyl (C=O) groups is 1. The molecule has 21 heavy (non-hydrogen) atoms. The molecule has 0 saturated heterocycles. The van der Waals surface area contributed by atoms with Crippen molar-refractivity contribution >= 4 is 28.9 Å². The van der Waals surface area contributed by atoms with E-state index in [4.69, 9.17) is 22.1 Å². The van der Waals surface area contributed by atoms with Crippen LogP contribution in [0.25, 0.3) is 0 Å². The van der Waals surface area contributed by atoms with Gasteiger partial charge < -0.3 is 10.5 Å². The molecular weight excluding hydrogens is 306 g/mol. The lowest BCUT2D eigenvalue weighted by molar-refractivity contribution is -0.144. The quantitative estimate of drug-likeness (QED) is 0.802. The molecule has 1 aromatic rings. The molecule has 1 heterocycles. The van der Waals surface area contributed by atoms with Crippen LogP contribution in [0.3, 0.4) is 0 Å². The van der Waals surface area contributed by atoms with Gasteiger partial charge in [0.05, 0.1) is 17.9 Å². The fourth-order valence-corrected chi connectivity index (χ4v) is 4.59. The lowest BCUT2D eigenvalue weighted by Gasteiger charge is -2.38. The predicted molar refractivity (Wildman–Crippen MR) is 87.8 cm³/mol. The zero-order chi connectivity index (χ0) is 15.5. The van der Waals surface area contributed by atoms with Crippen molar-refractivity contribution in [3.8, 4) is 0 Å². The molecule has 0 bridgehead atoms. The summed E-state index contributed by atoms with van der Waals surface area (Å²) in [6.07, 6.45) is 7.04. The van der Waals surface area contributed by atoms with Gasteiger partial charge >= 0.3 is 5.97 Å². The number of carbonyl (C=O) groups excluding carboxylic acids is 1. The zero-order valence-corrected chi connectivity index (χ0v) is 14.4. The summed E-state index contributed by atoms with van der Waals surface area (Å²) in [7, 11) is 1.46. The van der Waals surface area contributed by atoms with Gasteiger partial charge in [-0.15, -0.1) is 11.3 Å². The number of rotatable bonds is 5. The first-order valence-corrected chi connectivity index (χ1v) is 8.73. The van der Waals surface area contributed by atoms with E-state index in [1.54, 1.807) is 11.3 Å². The van der Waals surface area contributed by atoms with Gasteiger partial charge in [-0.2, -0.15) is 0 Å². The van der Waals surface area contributed by atoms with Gasteiger partial charge in [-0.05, 0) is 43.2 Å². The van der Waals surface area contributed by atoms with Crippen molar-refractivity contribution in [2.45, 2.75) is 57.9 Å². The molecular formula is C16H24ClNO2S. The van der Waals surface area contributed by atoms with Gasteiger partial charge in [0.2, 0.25) is 0 Å². The van der Waals surface area contributed by atoms with Gasteiger partial charge in [0, 0.05) is 10.9 Å². The lowest BCUT2D eigenvalue weighted by Crippen LogP contribution is -2.31. The van der Waals surface area contributed by atoms with E-state index < -0.39 is 0 Å². The number of thiophene rings is 1. The standard InChI is InChI=1S/C16H24ClNO2S/c1-11-8-13(21-15(11)17)12(18)9-16(10-14(19)20-2)6-4-3-5-7-16/h8,12H,3-7,9-10,18H2,1-2H3. The Labute approximate surface area is 135 Å². The van der Waals surface area contributed by atoms with Crippen molar-refractivity contribution in [1.82, 2.24) is 0 Å². The Kier molecular flexibility index (Phi) is 5.69. The summed E-state index contributed by atoms with van der Waals surface area (Å²) < 4.78 is 5.70. The fourth-order valence-electron chi connectivity index (χ4n) is 3.37. The topological polar surface area (TPSA) is 52.3 Å². The maximum Gasteiger partial charge on any atom is 0.306 e. The third kappa shape index (κ3) is 4.21. The number of halogens is 1. The van der Waals surface area contributed by atoms with Crippen molar-refractivity contribution in [2.24, 2.45) is 11.1 Å². The Balaban J connectivity index is 2.12. The molecule has 3 nitrogen and oxygen atoms in total. The SMILES string of the molecule is COC(=O)CC1(CC(N)c2cc(C)c(Cl)s2)CCCCC1. The van der Waals surface area contributed by atoms with Crippen LogP contribution in [0.2, 0.25) is 4.34 Å². The van der Waals surface area contributed by atoms with Gasteiger partial charge in [-0.1, -0.05) is 30.9 Å². The number of hydrogen-bond donors (Lipinski definition) is 1. The molecule has 1 aliphatic carbocycles. The minimum absolute atomic E-state index is 0.00483. The number of nitrogens with two attached hydrogens (primary N) is 1. The second-order valence-electron chi connectivity index (χ2n) is 6.23. The summed E-state index contributed by atoms with van der Waals surface area (Å²) in [4.78, 5) is 12.9. The van der Waals surface area contributed by atoms with Crippen LogP contribution >= 0.6 is 22.9 Å². The van der Waals surface area contributed by atoms with Crippen LogP contribution in [0, 0.1) is 12.3 Å². The highest BCUT2D eigenvalue weighted by Gasteiger charge is 2.36. The highest BCUT2D eigenvalue weighted by molar-refractivity contribution is 7.16. The molecule has 1 aromatic heterocycles. The minimum Gasteiger partial charge on any atom is -0.469 e. The average molecular weight is 330 g/mol. The number of ether oxygens (including phenoxy) is 1. The number of aryl methyl sites for hydroxylation is 1. The maximum absolute atomic E-state index is 11.8. The van der Waals surface area contributed by atoms with E-state index in [9.17, 15) is 4.79 Å². The van der Waals surface area contributed by atoms with Crippen LogP contribution in [0.5, 0.6) is 0 Å². The Hall–Kier alpha value is -0.580. The van der Waals surface area contributed by atoms with E-state index in [-0.39, 0.29) is 17.4 Å². The second-order valence-corrected chi connectivity index (χ2v) is 7.92.